The second-order valence-corrected chi connectivity index (χ2v) is 9.02. The molecule has 5 N–H and O–H groups in total. The second kappa shape index (κ2) is 18.9. The van der Waals surface area contributed by atoms with Gasteiger partial charge in [0.15, 0.2) is 0 Å². The number of hydrogen-bond donors (Lipinski definition) is 5. The van der Waals surface area contributed by atoms with Gasteiger partial charge >= 0.3 is 23.9 Å². The smallest absolute Gasteiger partial charge is 0.326 e. The number of benzene rings is 1. The Kier molecular flexibility index (Phi) is 15.3. The van der Waals surface area contributed by atoms with Crippen molar-refractivity contribution in [3.8, 4) is 5.75 Å². The van der Waals surface area contributed by atoms with Gasteiger partial charge in [0.05, 0.1) is 45.3 Å². The summed E-state index contributed by atoms with van der Waals surface area (Å²) in [5, 5.41) is 39.5. The lowest BCUT2D eigenvalue weighted by Crippen LogP contribution is -2.51. The molecule has 0 spiro atoms. The van der Waals surface area contributed by atoms with Crippen LogP contribution in [-0.4, -0.2) is 106 Å². The maximum Gasteiger partial charge on any atom is 0.326 e. The van der Waals surface area contributed by atoms with Crippen LogP contribution >= 0.6 is 0 Å². The minimum absolute atomic E-state index is 0.0871. The summed E-state index contributed by atoms with van der Waals surface area (Å²) >= 11 is 0. The highest BCUT2D eigenvalue weighted by atomic mass is 19.1. The average molecular weight is 598 g/mol. The first-order chi connectivity index (χ1) is 20.2. The van der Waals surface area contributed by atoms with Crippen LogP contribution in [0.5, 0.6) is 5.75 Å². The molecule has 0 aliphatic carbocycles. The zero-order valence-corrected chi connectivity index (χ0v) is 22.9. The molecule has 16 heteroatoms. The zero-order chi connectivity index (χ0) is 30.7. The van der Waals surface area contributed by atoms with Crippen molar-refractivity contribution in [1.82, 2.24) is 25.6 Å². The average Bonchev–Trinajstić information content (AvgIpc) is 3.40. The Balaban J connectivity index is 1.63. The van der Waals surface area contributed by atoms with Crippen molar-refractivity contribution in [2.45, 2.75) is 50.7 Å². The normalized spacial score (nSPS) is 12.3. The van der Waals surface area contributed by atoms with Crippen LogP contribution in [0.2, 0.25) is 0 Å². The molecular formula is C26H36FN5O10. The summed E-state index contributed by atoms with van der Waals surface area (Å²) in [6, 6.07) is 2.65. The summed E-state index contributed by atoms with van der Waals surface area (Å²) in [4.78, 5) is 45.7. The third-order valence-electron chi connectivity index (χ3n) is 5.70. The number of urea groups is 1. The fourth-order valence-corrected chi connectivity index (χ4v) is 3.55. The number of alkyl halides is 1. The van der Waals surface area contributed by atoms with E-state index >= 15 is 0 Å². The van der Waals surface area contributed by atoms with Crippen LogP contribution in [0.3, 0.4) is 0 Å². The van der Waals surface area contributed by atoms with Gasteiger partial charge < -0.3 is 40.2 Å². The molecule has 2 unspecified atom stereocenters. The monoisotopic (exact) mass is 597 g/mol. The predicted octanol–water partition coefficient (Wildman–Crippen LogP) is 0.905. The highest BCUT2D eigenvalue weighted by Gasteiger charge is 2.25. The van der Waals surface area contributed by atoms with Gasteiger partial charge in [-0.15, -0.1) is 5.10 Å². The molecule has 2 amide bonds. The van der Waals surface area contributed by atoms with Gasteiger partial charge in [-0.25, -0.2) is 19.1 Å². The molecule has 232 valence electrons. The highest BCUT2D eigenvalue weighted by molar-refractivity contribution is 5.86. The lowest BCUT2D eigenvalue weighted by Gasteiger charge is -2.18. The number of aryl methyl sites for hydroxylation is 1. The Morgan fingerprint density at radius 1 is 0.905 bits per heavy atom. The van der Waals surface area contributed by atoms with Crippen LogP contribution in [0, 0.1) is 0 Å². The van der Waals surface area contributed by atoms with Gasteiger partial charge in [0.2, 0.25) is 0 Å². The van der Waals surface area contributed by atoms with E-state index in [2.05, 4.69) is 20.9 Å². The summed E-state index contributed by atoms with van der Waals surface area (Å²) in [6.07, 6.45) is 1.83. The minimum Gasteiger partial charge on any atom is -0.491 e. The summed E-state index contributed by atoms with van der Waals surface area (Å²) in [6.45, 7) is 1.90. The molecule has 15 nitrogen and oxygen atoms in total. The van der Waals surface area contributed by atoms with Crippen LogP contribution in [-0.2, 0) is 43.2 Å². The third-order valence-corrected chi connectivity index (χ3v) is 5.70. The fourth-order valence-electron chi connectivity index (χ4n) is 3.55. The maximum absolute atomic E-state index is 12.2. The number of carboxylic acid groups (broad SMARTS) is 3. The maximum atomic E-state index is 12.2. The molecule has 2 atom stereocenters. The highest BCUT2D eigenvalue weighted by Crippen LogP contribution is 2.14. The van der Waals surface area contributed by atoms with Crippen molar-refractivity contribution in [2.75, 3.05) is 39.7 Å². The van der Waals surface area contributed by atoms with Gasteiger partial charge in [-0.1, -0.05) is 17.3 Å². The quantitative estimate of drug-likeness (QED) is 0.120. The SMILES string of the molecule is O=C(O)CCC(NC(=O)NC(Cc1ccc(OCCOCCOCCn2cc(CCCF)nn2)cc1)C(=O)O)C(=O)O. The fraction of sp³-hybridized carbons (Fsp3) is 0.538. The lowest BCUT2D eigenvalue weighted by molar-refractivity contribution is -0.140. The summed E-state index contributed by atoms with van der Waals surface area (Å²) in [5.41, 5.74) is 1.32. The van der Waals surface area contributed by atoms with E-state index in [-0.39, 0.29) is 26.1 Å². The molecule has 0 aliphatic heterocycles. The molecule has 0 saturated carbocycles. The molecule has 1 aromatic heterocycles. The molecule has 1 heterocycles. The van der Waals surface area contributed by atoms with E-state index in [9.17, 15) is 28.7 Å². The van der Waals surface area contributed by atoms with E-state index in [1.807, 2.05) is 0 Å². The number of carbonyl (C=O) groups excluding carboxylic acids is 1. The van der Waals surface area contributed by atoms with Crippen molar-refractivity contribution in [3.63, 3.8) is 0 Å². The first-order valence-corrected chi connectivity index (χ1v) is 13.2. The summed E-state index contributed by atoms with van der Waals surface area (Å²) < 4.78 is 30.4. The number of ether oxygens (including phenoxy) is 3. The first kappa shape index (κ1) is 33.9. The van der Waals surface area contributed by atoms with Gasteiger partial charge in [0, 0.05) is 19.0 Å². The largest absolute Gasteiger partial charge is 0.491 e. The van der Waals surface area contributed by atoms with Crippen molar-refractivity contribution in [3.05, 3.63) is 41.7 Å². The molecule has 0 fully saturated rings. The number of halogens is 1. The number of rotatable bonds is 22. The molecular weight excluding hydrogens is 561 g/mol. The van der Waals surface area contributed by atoms with Gasteiger partial charge in [0.1, 0.15) is 24.4 Å². The van der Waals surface area contributed by atoms with Gasteiger partial charge in [0.25, 0.3) is 0 Å². The summed E-state index contributed by atoms with van der Waals surface area (Å²) in [5.74, 6) is -3.47. The van der Waals surface area contributed by atoms with E-state index in [4.69, 9.17) is 24.4 Å². The Bertz CT molecular complexity index is 1130. The van der Waals surface area contributed by atoms with Crippen LogP contribution in [0.25, 0.3) is 0 Å². The van der Waals surface area contributed by atoms with E-state index in [0.29, 0.717) is 57.1 Å². The Morgan fingerprint density at radius 2 is 1.55 bits per heavy atom. The van der Waals surface area contributed by atoms with Crippen molar-refractivity contribution >= 4 is 23.9 Å². The minimum atomic E-state index is -1.48. The predicted molar refractivity (Wildman–Crippen MR) is 143 cm³/mol. The van der Waals surface area contributed by atoms with Crippen molar-refractivity contribution in [2.24, 2.45) is 0 Å². The van der Waals surface area contributed by atoms with Gasteiger partial charge in [-0.2, -0.15) is 0 Å². The Morgan fingerprint density at radius 3 is 2.19 bits per heavy atom. The number of aliphatic carboxylic acids is 3. The number of aromatic nitrogens is 3. The van der Waals surface area contributed by atoms with E-state index < -0.39 is 42.4 Å². The van der Waals surface area contributed by atoms with Crippen LogP contribution < -0.4 is 15.4 Å². The second-order valence-electron chi connectivity index (χ2n) is 9.02. The molecule has 0 aliphatic rings. The van der Waals surface area contributed by atoms with Crippen molar-refractivity contribution < 1.29 is 53.1 Å². The van der Waals surface area contributed by atoms with Crippen LogP contribution in [0.1, 0.15) is 30.5 Å². The number of carboxylic acids is 3. The summed E-state index contributed by atoms with van der Waals surface area (Å²) in [7, 11) is 0. The van der Waals surface area contributed by atoms with E-state index in [0.717, 1.165) is 5.69 Å². The third kappa shape index (κ3) is 13.8. The number of nitrogens with zero attached hydrogens (tertiary/aromatic N) is 3. The standard InChI is InChI=1S/C26H36FN5O10/c27-9-1-2-19-17-32(31-30-19)10-11-40-12-13-41-14-15-42-20-5-3-18(4-6-20)16-22(25(37)38)29-26(39)28-21(24(35)36)7-8-23(33)34/h3-6,17,21-22H,1-2,7-16H2,(H,33,34)(H,35,36)(H,37,38)(H2,28,29,39). The van der Waals surface area contributed by atoms with Crippen molar-refractivity contribution in [1.29, 1.82) is 0 Å². The lowest BCUT2D eigenvalue weighted by atomic mass is 10.1. The van der Waals surface area contributed by atoms with Gasteiger partial charge in [-0.05, 0) is 37.0 Å². The van der Waals surface area contributed by atoms with Crippen LogP contribution in [0.15, 0.2) is 30.5 Å². The molecule has 42 heavy (non-hydrogen) atoms. The number of carbonyl (C=O) groups is 4. The molecule has 0 saturated heterocycles. The van der Waals surface area contributed by atoms with E-state index in [1.165, 1.54) is 0 Å². The molecule has 2 aromatic rings. The number of hydrogen-bond acceptors (Lipinski definition) is 9. The Hall–Kier alpha value is -4.31. The molecule has 0 bridgehead atoms. The van der Waals surface area contributed by atoms with E-state index in [1.54, 1.807) is 35.1 Å². The zero-order valence-electron chi connectivity index (χ0n) is 22.9. The molecule has 2 rings (SSSR count). The number of nitrogens with one attached hydrogen (secondary N) is 2. The molecule has 0 radical (unpaired) electrons. The topological polar surface area (TPSA) is 211 Å². The molecule has 1 aromatic carbocycles. The number of amides is 2. The van der Waals surface area contributed by atoms with Gasteiger partial charge in [-0.3, -0.25) is 9.18 Å². The first-order valence-electron chi connectivity index (χ1n) is 13.2. The Labute approximate surface area is 240 Å². The van der Waals surface area contributed by atoms with Crippen LogP contribution in [0.4, 0.5) is 9.18 Å².